The first-order valence-electron chi connectivity index (χ1n) is 9.18. The maximum atomic E-state index is 13.1. The highest BCUT2D eigenvalue weighted by atomic mass is 19.1. The van der Waals surface area contributed by atoms with Gasteiger partial charge in [-0.2, -0.15) is 0 Å². The van der Waals surface area contributed by atoms with E-state index >= 15 is 0 Å². The van der Waals surface area contributed by atoms with E-state index in [1.54, 1.807) is 19.1 Å². The fourth-order valence-electron chi connectivity index (χ4n) is 3.02. The van der Waals surface area contributed by atoms with Crippen molar-refractivity contribution in [2.45, 2.75) is 72.9 Å². The number of aliphatic hydroxyl groups excluding tert-OH is 1. The topological polar surface area (TPSA) is 40.5 Å². The number of carbonyl (C=O) groups is 1. The molecule has 5 heteroatoms. The Morgan fingerprint density at radius 2 is 1.81 bits per heavy atom. The van der Waals surface area contributed by atoms with Gasteiger partial charge < -0.3 is 10.0 Å². The number of halogens is 2. The van der Waals surface area contributed by atoms with Crippen LogP contribution in [-0.4, -0.2) is 21.5 Å². The third-order valence-electron chi connectivity index (χ3n) is 4.71. The molecule has 3 nitrogen and oxygen atoms in total. The van der Waals surface area contributed by atoms with Gasteiger partial charge in [0.15, 0.2) is 0 Å². The van der Waals surface area contributed by atoms with Gasteiger partial charge >= 0.3 is 0 Å². The van der Waals surface area contributed by atoms with Crippen molar-refractivity contribution in [3.63, 3.8) is 0 Å². The average molecular weight is 372 g/mol. The van der Waals surface area contributed by atoms with Crippen LogP contribution in [0.4, 0.5) is 9.09 Å². The lowest BCUT2D eigenvalue weighted by Gasteiger charge is -2.45. The normalized spacial score (nSPS) is 19.8. The summed E-state index contributed by atoms with van der Waals surface area (Å²) in [5.74, 6) is 0.305. The molecule has 1 unspecified atom stereocenters. The molecule has 0 aromatic heterocycles. The van der Waals surface area contributed by atoms with Gasteiger partial charge in [0.1, 0.15) is 11.6 Å². The van der Waals surface area contributed by atoms with Crippen molar-refractivity contribution >= 4 is 5.91 Å². The summed E-state index contributed by atoms with van der Waals surface area (Å²) >= 11 is 0. The van der Waals surface area contributed by atoms with Crippen LogP contribution in [0.25, 0.3) is 0 Å². The summed E-state index contributed by atoms with van der Waals surface area (Å²) in [6.45, 7) is 12.4. The lowest BCUT2D eigenvalue weighted by atomic mass is 9.82. The maximum Gasteiger partial charge on any atom is 0.253 e. The summed E-state index contributed by atoms with van der Waals surface area (Å²) in [5.41, 5.74) is 0.887. The van der Waals surface area contributed by atoms with Crippen LogP contribution in [0.5, 0.6) is 0 Å². The van der Waals surface area contributed by atoms with Crippen molar-refractivity contribution in [1.29, 1.82) is 0 Å². The Morgan fingerprint density at radius 1 is 1.27 bits per heavy atom. The minimum atomic E-state index is -0.417. The quantitative estimate of drug-likeness (QED) is 0.688. The van der Waals surface area contributed by atoms with Crippen molar-refractivity contribution < 1.29 is 20.4 Å². The number of hydrogen-bond acceptors (Lipinski definition) is 2. The molecule has 2 rings (SSSR count). The van der Waals surface area contributed by atoms with E-state index < -0.39 is 5.54 Å². The average Bonchev–Trinajstić information content (AvgIpc) is 2.59. The van der Waals surface area contributed by atoms with Crippen molar-refractivity contribution in [2.75, 3.05) is 0 Å². The predicted octanol–water partition coefficient (Wildman–Crippen LogP) is 6.01. The molecule has 0 saturated carbocycles. The molecule has 1 aliphatic heterocycles. The smallest absolute Gasteiger partial charge is 0.253 e. The molecule has 0 saturated heterocycles. The Balaban J connectivity index is 0. The van der Waals surface area contributed by atoms with Crippen LogP contribution in [0.15, 0.2) is 35.6 Å². The van der Waals surface area contributed by atoms with Gasteiger partial charge in [0, 0.05) is 19.9 Å². The third-order valence-corrected chi connectivity index (χ3v) is 4.71. The standard InChI is InChI=1S/C19H26FNO2.C2H6.FH.H2/c1-13(2)9-10-19(4)11-17(22)14(3)18(23)21(19)12-15-5-7-16(20)8-6-15;1-2;;/h5-8,13,22H,9-12H2,1-4H3;1-2H3;2*1H. The van der Waals surface area contributed by atoms with Crippen LogP contribution in [0, 0.1) is 11.7 Å². The molecule has 26 heavy (non-hydrogen) atoms. The lowest BCUT2D eigenvalue weighted by molar-refractivity contribution is -0.136. The molecule has 0 fully saturated rings. The van der Waals surface area contributed by atoms with Gasteiger partial charge in [-0.1, -0.05) is 39.8 Å². The minimum absolute atomic E-state index is 0. The molecule has 0 bridgehead atoms. The summed E-state index contributed by atoms with van der Waals surface area (Å²) in [6.07, 6.45) is 2.28. The van der Waals surface area contributed by atoms with Crippen molar-refractivity contribution in [3.8, 4) is 0 Å². The monoisotopic (exact) mass is 371 g/mol. The van der Waals surface area contributed by atoms with Gasteiger partial charge in [0.25, 0.3) is 5.91 Å². The van der Waals surface area contributed by atoms with Crippen LogP contribution in [0.1, 0.15) is 67.8 Å². The van der Waals surface area contributed by atoms with E-state index in [0.29, 0.717) is 24.5 Å². The highest BCUT2D eigenvalue weighted by molar-refractivity contribution is 5.94. The molecule has 0 aliphatic carbocycles. The molecule has 1 amide bonds. The first-order valence-corrected chi connectivity index (χ1v) is 9.18. The van der Waals surface area contributed by atoms with Crippen LogP contribution in [-0.2, 0) is 11.3 Å². The SMILES string of the molecule is CC.CC1=C(O)CC(C)(CCC(C)C)N(Cc2ccc(F)cc2)C1=O.F.[HH]. The van der Waals surface area contributed by atoms with E-state index in [1.807, 2.05) is 25.7 Å². The molecule has 1 N–H and O–H groups in total. The highest BCUT2D eigenvalue weighted by Gasteiger charge is 2.41. The van der Waals surface area contributed by atoms with Gasteiger partial charge in [0.05, 0.1) is 5.57 Å². The Hall–Kier alpha value is -1.91. The molecular weight excluding hydrogens is 336 g/mol. The van der Waals surface area contributed by atoms with E-state index in [1.165, 1.54) is 12.1 Å². The van der Waals surface area contributed by atoms with Crippen molar-refractivity contribution in [1.82, 2.24) is 4.90 Å². The van der Waals surface area contributed by atoms with Gasteiger partial charge in [-0.15, -0.1) is 0 Å². The number of rotatable bonds is 5. The number of aliphatic hydroxyl groups is 1. The van der Waals surface area contributed by atoms with Gasteiger partial charge in [-0.05, 0) is 50.3 Å². The van der Waals surface area contributed by atoms with E-state index in [2.05, 4.69) is 13.8 Å². The summed E-state index contributed by atoms with van der Waals surface area (Å²) in [7, 11) is 0. The molecule has 1 atom stereocenters. The van der Waals surface area contributed by atoms with Crippen molar-refractivity contribution in [3.05, 3.63) is 47.0 Å². The second-order valence-electron chi connectivity index (χ2n) is 7.20. The fourth-order valence-corrected chi connectivity index (χ4v) is 3.02. The predicted molar refractivity (Wildman–Crippen MR) is 105 cm³/mol. The molecule has 150 valence electrons. The molecule has 1 heterocycles. The lowest BCUT2D eigenvalue weighted by Crippen LogP contribution is -2.53. The molecular formula is C21H35F2NO2. The molecule has 0 spiro atoms. The van der Waals surface area contributed by atoms with Gasteiger partial charge in [-0.3, -0.25) is 9.50 Å². The first kappa shape index (κ1) is 24.1. The maximum absolute atomic E-state index is 13.1. The summed E-state index contributed by atoms with van der Waals surface area (Å²) in [5, 5.41) is 10.2. The van der Waals surface area contributed by atoms with Crippen LogP contribution in [0.2, 0.25) is 0 Å². The zero-order chi connectivity index (χ0) is 19.2. The van der Waals surface area contributed by atoms with E-state index in [0.717, 1.165) is 18.4 Å². The number of carbonyl (C=O) groups excluding carboxylic acids is 1. The van der Waals surface area contributed by atoms with Crippen LogP contribution in [0.3, 0.4) is 0 Å². The first-order chi connectivity index (χ1) is 11.7. The van der Waals surface area contributed by atoms with E-state index in [9.17, 15) is 14.3 Å². The zero-order valence-electron chi connectivity index (χ0n) is 16.8. The largest absolute Gasteiger partial charge is 0.512 e. The van der Waals surface area contributed by atoms with Gasteiger partial charge in [-0.25, -0.2) is 4.39 Å². The fraction of sp³-hybridized carbons (Fsp3) is 0.571. The third kappa shape index (κ3) is 5.82. The number of benzene rings is 1. The van der Waals surface area contributed by atoms with E-state index in [-0.39, 0.29) is 23.6 Å². The zero-order valence-corrected chi connectivity index (χ0v) is 16.8. The van der Waals surface area contributed by atoms with Crippen LogP contribution >= 0.6 is 0 Å². The number of amides is 1. The second kappa shape index (κ2) is 10.3. The number of nitrogens with zero attached hydrogens (tertiary/aromatic N) is 1. The summed E-state index contributed by atoms with van der Waals surface area (Å²) in [4.78, 5) is 14.5. The second-order valence-corrected chi connectivity index (χ2v) is 7.20. The Labute approximate surface area is 157 Å². The Bertz CT molecular complexity index is 617. The van der Waals surface area contributed by atoms with E-state index in [4.69, 9.17) is 0 Å². The summed E-state index contributed by atoms with van der Waals surface area (Å²) < 4.78 is 13.1. The molecule has 0 radical (unpaired) electrons. The Kier molecular flexibility index (Phi) is 9.53. The number of hydrogen-bond donors (Lipinski definition) is 1. The highest BCUT2D eigenvalue weighted by Crippen LogP contribution is 2.37. The van der Waals surface area contributed by atoms with Crippen molar-refractivity contribution in [2.24, 2.45) is 5.92 Å². The van der Waals surface area contributed by atoms with Crippen LogP contribution < -0.4 is 0 Å². The molecule has 1 aromatic carbocycles. The minimum Gasteiger partial charge on any atom is -0.512 e. The molecule has 1 aromatic rings. The molecule has 1 aliphatic rings. The summed E-state index contributed by atoms with van der Waals surface area (Å²) in [6, 6.07) is 6.24. The Morgan fingerprint density at radius 3 is 2.31 bits per heavy atom. The van der Waals surface area contributed by atoms with Gasteiger partial charge in [0.2, 0.25) is 0 Å².